The molecule has 1 saturated carbocycles. The Labute approximate surface area is 120 Å². The Balaban J connectivity index is 1.96. The summed E-state index contributed by atoms with van der Waals surface area (Å²) in [6.07, 6.45) is 12.2. The number of carbonyl (C=O) groups is 1. The third-order valence-electron chi connectivity index (χ3n) is 4.20. The monoisotopic (exact) mass is 277 g/mol. The highest BCUT2D eigenvalue weighted by atomic mass is 19.1. The van der Waals surface area contributed by atoms with Gasteiger partial charge in [0.1, 0.15) is 5.83 Å². The van der Waals surface area contributed by atoms with Crippen molar-refractivity contribution in [2.75, 3.05) is 0 Å². The van der Waals surface area contributed by atoms with Crippen LogP contribution < -0.4 is 5.32 Å². The lowest BCUT2D eigenvalue weighted by Crippen LogP contribution is -2.39. The van der Waals surface area contributed by atoms with Gasteiger partial charge in [0, 0.05) is 11.6 Å². The highest BCUT2D eigenvalue weighted by molar-refractivity contribution is 5.96. The van der Waals surface area contributed by atoms with Crippen LogP contribution in [-0.4, -0.2) is 11.9 Å². The zero-order valence-corrected chi connectivity index (χ0v) is 12.4. The Kier molecular flexibility index (Phi) is 4.79. The van der Waals surface area contributed by atoms with E-state index in [4.69, 9.17) is 0 Å². The van der Waals surface area contributed by atoms with Crippen molar-refractivity contribution in [3.05, 3.63) is 35.7 Å². The van der Waals surface area contributed by atoms with Crippen LogP contribution in [0.2, 0.25) is 0 Å². The maximum atomic E-state index is 13.5. The average molecular weight is 277 g/mol. The minimum absolute atomic E-state index is 0.156. The highest BCUT2D eigenvalue weighted by Gasteiger charge is 2.27. The molecule has 2 aliphatic rings. The summed E-state index contributed by atoms with van der Waals surface area (Å²) in [6.45, 7) is 4.54. The highest BCUT2D eigenvalue weighted by Crippen LogP contribution is 2.35. The summed E-state index contributed by atoms with van der Waals surface area (Å²) in [6, 6.07) is 0.224. The molecule has 0 unspecified atom stereocenters. The number of hydrogen-bond acceptors (Lipinski definition) is 1. The summed E-state index contributed by atoms with van der Waals surface area (Å²) < 4.78 is 13.5. The van der Waals surface area contributed by atoms with E-state index in [2.05, 4.69) is 19.2 Å². The second-order valence-electron chi connectivity index (χ2n) is 6.58. The summed E-state index contributed by atoms with van der Waals surface area (Å²) in [7, 11) is 0. The molecule has 0 spiro atoms. The molecule has 0 atom stereocenters. The van der Waals surface area contributed by atoms with E-state index in [9.17, 15) is 9.18 Å². The van der Waals surface area contributed by atoms with Gasteiger partial charge in [-0.2, -0.15) is 0 Å². The maximum absolute atomic E-state index is 13.5. The van der Waals surface area contributed by atoms with Crippen LogP contribution in [0.4, 0.5) is 4.39 Å². The summed E-state index contributed by atoms with van der Waals surface area (Å²) in [4.78, 5) is 12.2. The van der Waals surface area contributed by atoms with Gasteiger partial charge in [0.05, 0.1) is 0 Å². The zero-order chi connectivity index (χ0) is 14.6. The molecule has 0 saturated heterocycles. The van der Waals surface area contributed by atoms with Crippen LogP contribution in [0.25, 0.3) is 0 Å². The Bertz CT molecular complexity index is 450. The molecular weight excluding hydrogens is 253 g/mol. The zero-order valence-electron chi connectivity index (χ0n) is 12.4. The molecule has 0 aromatic rings. The van der Waals surface area contributed by atoms with Crippen molar-refractivity contribution in [3.8, 4) is 0 Å². The van der Waals surface area contributed by atoms with Crippen molar-refractivity contribution in [3.63, 3.8) is 0 Å². The van der Waals surface area contributed by atoms with Crippen molar-refractivity contribution < 1.29 is 9.18 Å². The van der Waals surface area contributed by atoms with E-state index >= 15 is 0 Å². The quantitative estimate of drug-likeness (QED) is 0.805. The van der Waals surface area contributed by atoms with Gasteiger partial charge in [0.2, 0.25) is 0 Å². The molecule has 1 fully saturated rings. The van der Waals surface area contributed by atoms with Crippen molar-refractivity contribution in [2.24, 2.45) is 5.41 Å². The SMILES string of the molecule is CC1(C)CCC(NC(=O)C2=CC(F)=CCCC=C2)CC1. The Hall–Kier alpha value is -1.38. The topological polar surface area (TPSA) is 29.1 Å². The molecule has 3 heteroatoms. The van der Waals surface area contributed by atoms with Gasteiger partial charge >= 0.3 is 0 Å². The smallest absolute Gasteiger partial charge is 0.251 e. The van der Waals surface area contributed by atoms with Crippen LogP contribution in [0.15, 0.2) is 35.7 Å². The van der Waals surface area contributed by atoms with Crippen molar-refractivity contribution in [2.45, 2.75) is 58.4 Å². The molecule has 1 amide bonds. The van der Waals surface area contributed by atoms with Gasteiger partial charge < -0.3 is 5.32 Å². The Morgan fingerprint density at radius 2 is 2.00 bits per heavy atom. The first-order chi connectivity index (χ1) is 9.46. The van der Waals surface area contributed by atoms with Gasteiger partial charge in [-0.25, -0.2) is 4.39 Å². The van der Waals surface area contributed by atoms with Crippen molar-refractivity contribution in [1.29, 1.82) is 0 Å². The number of hydrogen-bond donors (Lipinski definition) is 1. The minimum atomic E-state index is -0.315. The lowest BCUT2D eigenvalue weighted by molar-refractivity contribution is -0.118. The largest absolute Gasteiger partial charge is 0.349 e. The van der Waals surface area contributed by atoms with Gasteiger partial charge in [-0.3, -0.25) is 4.79 Å². The fraction of sp³-hybridized carbons (Fsp3) is 0.588. The second-order valence-corrected chi connectivity index (χ2v) is 6.58. The van der Waals surface area contributed by atoms with E-state index in [0.717, 1.165) is 32.1 Å². The van der Waals surface area contributed by atoms with Gasteiger partial charge in [-0.15, -0.1) is 0 Å². The molecule has 1 N–H and O–H groups in total. The number of amides is 1. The van der Waals surface area contributed by atoms with Crippen LogP contribution >= 0.6 is 0 Å². The fourth-order valence-electron chi connectivity index (χ4n) is 2.74. The van der Waals surface area contributed by atoms with Gasteiger partial charge in [-0.1, -0.05) is 26.0 Å². The molecule has 2 rings (SSSR count). The van der Waals surface area contributed by atoms with Gasteiger partial charge in [0.15, 0.2) is 0 Å². The normalized spacial score (nSPS) is 23.4. The summed E-state index contributed by atoms with van der Waals surface area (Å²) in [5.74, 6) is -0.472. The van der Waals surface area contributed by atoms with Crippen LogP contribution in [0.3, 0.4) is 0 Å². The predicted molar refractivity (Wildman–Crippen MR) is 79.8 cm³/mol. The summed E-state index contributed by atoms with van der Waals surface area (Å²) >= 11 is 0. The third-order valence-corrected chi connectivity index (χ3v) is 4.20. The van der Waals surface area contributed by atoms with E-state index in [-0.39, 0.29) is 17.8 Å². The number of nitrogens with one attached hydrogen (secondary N) is 1. The first-order valence-corrected chi connectivity index (χ1v) is 7.51. The Morgan fingerprint density at radius 3 is 2.70 bits per heavy atom. The van der Waals surface area contributed by atoms with E-state index in [0.29, 0.717) is 17.4 Å². The predicted octanol–water partition coefficient (Wildman–Crippen LogP) is 4.20. The molecule has 0 heterocycles. The lowest BCUT2D eigenvalue weighted by Gasteiger charge is -2.34. The molecule has 0 aliphatic heterocycles. The molecule has 110 valence electrons. The molecule has 0 bridgehead atoms. The molecule has 2 nitrogen and oxygen atoms in total. The molecule has 0 aromatic heterocycles. The van der Waals surface area contributed by atoms with E-state index in [1.54, 1.807) is 6.08 Å². The van der Waals surface area contributed by atoms with E-state index < -0.39 is 0 Å². The summed E-state index contributed by atoms with van der Waals surface area (Å²) in [5.41, 5.74) is 0.804. The number of halogens is 1. The standard InChI is InChI=1S/C17H24FNO/c1-17(2)10-8-15(9-11-17)19-16(20)13-6-4-3-5-7-14(18)12-13/h4,6-7,12,15H,3,5,8-11H2,1-2H3,(H,19,20). The van der Waals surface area contributed by atoms with Crippen LogP contribution in [-0.2, 0) is 4.79 Å². The molecule has 2 aliphatic carbocycles. The Morgan fingerprint density at radius 1 is 1.30 bits per heavy atom. The van der Waals surface area contributed by atoms with Crippen molar-refractivity contribution >= 4 is 5.91 Å². The van der Waals surface area contributed by atoms with Crippen LogP contribution in [0.5, 0.6) is 0 Å². The summed E-state index contributed by atoms with van der Waals surface area (Å²) in [5, 5.41) is 3.04. The average Bonchev–Trinajstić information content (AvgIpc) is 2.36. The maximum Gasteiger partial charge on any atom is 0.251 e. The molecular formula is C17H24FNO. The van der Waals surface area contributed by atoms with Crippen LogP contribution in [0, 0.1) is 5.41 Å². The van der Waals surface area contributed by atoms with Crippen LogP contribution in [0.1, 0.15) is 52.4 Å². The van der Waals surface area contributed by atoms with Crippen molar-refractivity contribution in [1.82, 2.24) is 5.32 Å². The van der Waals surface area contributed by atoms with Gasteiger partial charge in [-0.05, 0) is 56.1 Å². The van der Waals surface area contributed by atoms with Gasteiger partial charge in [0.25, 0.3) is 5.91 Å². The fourth-order valence-corrected chi connectivity index (χ4v) is 2.74. The van der Waals surface area contributed by atoms with E-state index in [1.807, 2.05) is 6.08 Å². The number of rotatable bonds is 2. The third kappa shape index (κ3) is 4.32. The minimum Gasteiger partial charge on any atom is -0.349 e. The molecule has 20 heavy (non-hydrogen) atoms. The number of carbonyl (C=O) groups excluding carboxylic acids is 1. The number of allylic oxidation sites excluding steroid dienone is 4. The molecule has 0 radical (unpaired) electrons. The second kappa shape index (κ2) is 6.38. The van der Waals surface area contributed by atoms with E-state index in [1.165, 1.54) is 12.2 Å². The first kappa shape index (κ1) is 15.0. The lowest BCUT2D eigenvalue weighted by atomic mass is 9.75. The first-order valence-electron chi connectivity index (χ1n) is 7.51. The molecule has 0 aromatic carbocycles.